The van der Waals surface area contributed by atoms with Crippen LogP contribution in [0, 0.1) is 0 Å². The number of rotatable bonds is 5. The Labute approximate surface area is 117 Å². The molecule has 0 aromatic heterocycles. The van der Waals surface area contributed by atoms with E-state index < -0.39 is 11.8 Å². The Morgan fingerprint density at radius 1 is 1.25 bits per heavy atom. The minimum atomic E-state index is -0.604. The SMILES string of the molecule is O=CNCCCNC(=O)C(=O)N1CCc2ccccc21. The topological polar surface area (TPSA) is 78.5 Å². The lowest BCUT2D eigenvalue weighted by Crippen LogP contribution is -2.43. The first-order valence-corrected chi connectivity index (χ1v) is 6.58. The molecule has 0 fully saturated rings. The van der Waals surface area contributed by atoms with E-state index in [0.29, 0.717) is 32.5 Å². The average molecular weight is 275 g/mol. The van der Waals surface area contributed by atoms with Crippen molar-refractivity contribution < 1.29 is 14.4 Å². The summed E-state index contributed by atoms with van der Waals surface area (Å²) in [6, 6.07) is 7.59. The average Bonchev–Trinajstić information content (AvgIpc) is 2.90. The molecule has 0 unspecified atom stereocenters. The molecule has 0 atom stereocenters. The van der Waals surface area contributed by atoms with Crippen molar-refractivity contribution in [3.8, 4) is 0 Å². The Morgan fingerprint density at radius 2 is 2.05 bits per heavy atom. The minimum absolute atomic E-state index is 0.362. The van der Waals surface area contributed by atoms with Gasteiger partial charge in [-0.05, 0) is 24.5 Å². The van der Waals surface area contributed by atoms with Crippen molar-refractivity contribution in [2.75, 3.05) is 24.5 Å². The molecule has 0 aliphatic carbocycles. The first-order chi connectivity index (χ1) is 9.74. The standard InChI is InChI=1S/C14H17N3O3/c18-10-15-7-3-8-16-13(19)14(20)17-9-6-11-4-1-2-5-12(11)17/h1-2,4-5,10H,3,6-9H2,(H,15,18)(H,16,19). The van der Waals surface area contributed by atoms with Crippen molar-refractivity contribution in [1.29, 1.82) is 0 Å². The fourth-order valence-corrected chi connectivity index (χ4v) is 2.20. The predicted octanol–water partition coefficient (Wildman–Crippen LogP) is -0.172. The quantitative estimate of drug-likeness (QED) is 0.445. The third-order valence-corrected chi connectivity index (χ3v) is 3.19. The van der Waals surface area contributed by atoms with Crippen molar-refractivity contribution in [3.05, 3.63) is 29.8 Å². The molecule has 1 aromatic carbocycles. The van der Waals surface area contributed by atoms with Gasteiger partial charge in [-0.2, -0.15) is 0 Å². The number of hydrogen-bond donors (Lipinski definition) is 2. The van der Waals surface area contributed by atoms with E-state index in [4.69, 9.17) is 0 Å². The van der Waals surface area contributed by atoms with Crippen LogP contribution in [0.25, 0.3) is 0 Å². The first kappa shape index (κ1) is 14.0. The summed E-state index contributed by atoms with van der Waals surface area (Å²) in [4.78, 5) is 35.4. The van der Waals surface area contributed by atoms with Crippen LogP contribution in [-0.4, -0.2) is 37.9 Å². The number of nitrogens with zero attached hydrogens (tertiary/aromatic N) is 1. The van der Waals surface area contributed by atoms with Crippen molar-refractivity contribution in [2.24, 2.45) is 0 Å². The molecule has 6 nitrogen and oxygen atoms in total. The maximum absolute atomic E-state index is 12.1. The molecular formula is C14H17N3O3. The molecule has 1 heterocycles. The summed E-state index contributed by atoms with van der Waals surface area (Å²) in [7, 11) is 0. The number of carbonyl (C=O) groups is 3. The van der Waals surface area contributed by atoms with Gasteiger partial charge in [-0.1, -0.05) is 18.2 Å². The lowest BCUT2D eigenvalue weighted by Gasteiger charge is -2.16. The number of anilines is 1. The van der Waals surface area contributed by atoms with Gasteiger partial charge in [-0.15, -0.1) is 0 Å². The first-order valence-electron chi connectivity index (χ1n) is 6.58. The van der Waals surface area contributed by atoms with Crippen LogP contribution in [0.4, 0.5) is 5.69 Å². The third-order valence-electron chi connectivity index (χ3n) is 3.19. The molecular weight excluding hydrogens is 258 g/mol. The van der Waals surface area contributed by atoms with Gasteiger partial charge in [-0.3, -0.25) is 14.4 Å². The maximum atomic E-state index is 12.1. The van der Waals surface area contributed by atoms with E-state index in [0.717, 1.165) is 17.7 Å². The fraction of sp³-hybridized carbons (Fsp3) is 0.357. The summed E-state index contributed by atoms with van der Waals surface area (Å²) in [6.07, 6.45) is 1.97. The Bertz CT molecular complexity index is 516. The number of nitrogens with one attached hydrogen (secondary N) is 2. The zero-order valence-electron chi connectivity index (χ0n) is 11.1. The highest BCUT2D eigenvalue weighted by molar-refractivity contribution is 6.40. The van der Waals surface area contributed by atoms with Crippen LogP contribution in [0.15, 0.2) is 24.3 Å². The van der Waals surface area contributed by atoms with E-state index in [1.807, 2.05) is 24.3 Å². The third kappa shape index (κ3) is 3.14. The molecule has 1 aromatic rings. The Balaban J connectivity index is 1.86. The Kier molecular flexibility index (Phi) is 4.70. The van der Waals surface area contributed by atoms with Crippen LogP contribution in [0.1, 0.15) is 12.0 Å². The molecule has 1 aliphatic heterocycles. The number of fused-ring (bicyclic) bond motifs is 1. The Morgan fingerprint density at radius 3 is 2.85 bits per heavy atom. The van der Waals surface area contributed by atoms with Crippen molar-refractivity contribution in [2.45, 2.75) is 12.8 Å². The van der Waals surface area contributed by atoms with Gasteiger partial charge in [0.2, 0.25) is 6.41 Å². The van der Waals surface area contributed by atoms with Crippen LogP contribution in [0.3, 0.4) is 0 Å². The lowest BCUT2D eigenvalue weighted by atomic mass is 10.2. The van der Waals surface area contributed by atoms with Crippen LogP contribution in [0.5, 0.6) is 0 Å². The zero-order valence-corrected chi connectivity index (χ0v) is 11.1. The largest absolute Gasteiger partial charge is 0.359 e. The molecule has 0 spiro atoms. The molecule has 1 aliphatic rings. The van der Waals surface area contributed by atoms with Crippen LogP contribution >= 0.6 is 0 Å². The Hall–Kier alpha value is -2.37. The number of para-hydroxylation sites is 1. The maximum Gasteiger partial charge on any atom is 0.316 e. The monoisotopic (exact) mass is 275 g/mol. The molecule has 3 amide bonds. The summed E-state index contributed by atoms with van der Waals surface area (Å²) in [6.45, 7) is 1.38. The molecule has 0 bridgehead atoms. The molecule has 20 heavy (non-hydrogen) atoms. The summed E-state index contributed by atoms with van der Waals surface area (Å²) in [5.74, 6) is -1.13. The van der Waals surface area contributed by atoms with E-state index >= 15 is 0 Å². The highest BCUT2D eigenvalue weighted by atomic mass is 16.2. The summed E-state index contributed by atoms with van der Waals surface area (Å²) in [5.41, 5.74) is 1.90. The second kappa shape index (κ2) is 6.70. The van der Waals surface area contributed by atoms with E-state index in [-0.39, 0.29) is 0 Å². The second-order valence-corrected chi connectivity index (χ2v) is 4.52. The van der Waals surface area contributed by atoms with Crippen molar-refractivity contribution >= 4 is 23.9 Å². The van der Waals surface area contributed by atoms with Gasteiger partial charge in [-0.25, -0.2) is 0 Å². The molecule has 0 saturated carbocycles. The normalized spacial score (nSPS) is 12.7. The van der Waals surface area contributed by atoms with Gasteiger partial charge in [0, 0.05) is 25.3 Å². The van der Waals surface area contributed by atoms with Crippen LogP contribution in [-0.2, 0) is 20.8 Å². The van der Waals surface area contributed by atoms with Crippen LogP contribution in [0.2, 0.25) is 0 Å². The van der Waals surface area contributed by atoms with E-state index in [1.54, 1.807) is 0 Å². The minimum Gasteiger partial charge on any atom is -0.359 e. The summed E-state index contributed by atoms with van der Waals surface area (Å²) < 4.78 is 0. The number of hydrogen-bond acceptors (Lipinski definition) is 3. The van der Waals surface area contributed by atoms with Gasteiger partial charge in [0.15, 0.2) is 0 Å². The van der Waals surface area contributed by atoms with Gasteiger partial charge >= 0.3 is 11.8 Å². The highest BCUT2D eigenvalue weighted by Crippen LogP contribution is 2.27. The predicted molar refractivity (Wildman–Crippen MR) is 74.2 cm³/mol. The van der Waals surface area contributed by atoms with Gasteiger partial charge in [0.1, 0.15) is 0 Å². The van der Waals surface area contributed by atoms with Gasteiger partial charge in [0.05, 0.1) is 0 Å². The molecule has 106 valence electrons. The number of benzene rings is 1. The lowest BCUT2D eigenvalue weighted by molar-refractivity contribution is -0.137. The fourth-order valence-electron chi connectivity index (χ4n) is 2.20. The summed E-state index contributed by atoms with van der Waals surface area (Å²) in [5, 5.41) is 5.06. The molecule has 0 saturated heterocycles. The highest BCUT2D eigenvalue weighted by Gasteiger charge is 2.28. The van der Waals surface area contributed by atoms with Crippen molar-refractivity contribution in [1.82, 2.24) is 10.6 Å². The number of amides is 3. The number of carbonyl (C=O) groups excluding carboxylic acids is 3. The summed E-state index contributed by atoms with van der Waals surface area (Å²) >= 11 is 0. The zero-order chi connectivity index (χ0) is 14.4. The smallest absolute Gasteiger partial charge is 0.316 e. The van der Waals surface area contributed by atoms with Crippen molar-refractivity contribution in [3.63, 3.8) is 0 Å². The van der Waals surface area contributed by atoms with Gasteiger partial charge < -0.3 is 15.5 Å². The molecule has 2 N–H and O–H groups in total. The van der Waals surface area contributed by atoms with E-state index in [1.165, 1.54) is 4.90 Å². The van der Waals surface area contributed by atoms with E-state index in [2.05, 4.69) is 10.6 Å². The molecule has 2 rings (SSSR count). The molecule has 0 radical (unpaired) electrons. The molecule has 6 heteroatoms. The van der Waals surface area contributed by atoms with Gasteiger partial charge in [0.25, 0.3) is 0 Å². The van der Waals surface area contributed by atoms with Crippen LogP contribution < -0.4 is 15.5 Å². The second-order valence-electron chi connectivity index (χ2n) is 4.52. The van der Waals surface area contributed by atoms with E-state index in [9.17, 15) is 14.4 Å².